The fraction of sp³-hybridized carbons (Fsp3) is 0.250. The van der Waals surface area contributed by atoms with Crippen LogP contribution in [0, 0.1) is 5.82 Å². The number of carbonyl (C=O) groups excluding carboxylic acids is 1. The average Bonchev–Trinajstić information content (AvgIpc) is 3.12. The van der Waals surface area contributed by atoms with Crippen LogP contribution in [-0.4, -0.2) is 26.4 Å². The molecule has 1 atom stereocenters. The molecule has 0 saturated heterocycles. The number of para-hydroxylation sites is 2. The zero-order valence-electron chi connectivity index (χ0n) is 15.6. The number of benzene rings is 2. The second-order valence-electron chi connectivity index (χ2n) is 5.97. The largest absolute Gasteiger partial charge is 0.483 e. The topological polar surface area (TPSA) is 69.0 Å². The van der Waals surface area contributed by atoms with E-state index in [9.17, 15) is 9.18 Å². The van der Waals surface area contributed by atoms with Crippen LogP contribution in [0.2, 0.25) is 0 Å². The first kappa shape index (κ1) is 19.9. The van der Waals surface area contributed by atoms with Crippen LogP contribution in [0.4, 0.5) is 10.1 Å². The van der Waals surface area contributed by atoms with Gasteiger partial charge >= 0.3 is 0 Å². The molecule has 0 saturated carbocycles. The first-order valence-corrected chi connectivity index (χ1v) is 9.89. The Hall–Kier alpha value is -2.87. The maximum absolute atomic E-state index is 13.6. The molecule has 1 N–H and O–H groups in total. The van der Waals surface area contributed by atoms with Crippen LogP contribution in [0.5, 0.6) is 5.75 Å². The zero-order valence-corrected chi connectivity index (χ0v) is 16.4. The molecule has 146 valence electrons. The number of anilines is 1. The molecule has 0 aliphatic rings. The number of hydrogen-bond acceptors (Lipinski definition) is 5. The van der Waals surface area contributed by atoms with Crippen LogP contribution in [0.25, 0.3) is 0 Å². The minimum atomic E-state index is -0.466. The molecule has 0 aliphatic carbocycles. The van der Waals surface area contributed by atoms with Crippen LogP contribution < -0.4 is 10.1 Å². The van der Waals surface area contributed by atoms with Gasteiger partial charge in [0, 0.05) is 6.54 Å². The summed E-state index contributed by atoms with van der Waals surface area (Å²) < 4.78 is 21.5. The van der Waals surface area contributed by atoms with Crippen molar-refractivity contribution < 1.29 is 13.9 Å². The van der Waals surface area contributed by atoms with Crippen molar-refractivity contribution in [2.24, 2.45) is 0 Å². The Morgan fingerprint density at radius 1 is 1.18 bits per heavy atom. The maximum Gasteiger partial charge on any atom is 0.234 e. The summed E-state index contributed by atoms with van der Waals surface area (Å²) in [7, 11) is 0. The van der Waals surface area contributed by atoms with Gasteiger partial charge < -0.3 is 14.6 Å². The third-order valence-electron chi connectivity index (χ3n) is 3.96. The van der Waals surface area contributed by atoms with E-state index in [1.165, 1.54) is 23.9 Å². The summed E-state index contributed by atoms with van der Waals surface area (Å²) in [6.45, 7) is 4.52. The van der Waals surface area contributed by atoms with E-state index < -0.39 is 5.82 Å². The van der Waals surface area contributed by atoms with E-state index in [4.69, 9.17) is 4.74 Å². The maximum atomic E-state index is 13.6. The van der Waals surface area contributed by atoms with Crippen LogP contribution in [0.15, 0.2) is 59.8 Å². The minimum Gasteiger partial charge on any atom is -0.483 e. The van der Waals surface area contributed by atoms with Crippen molar-refractivity contribution >= 4 is 23.4 Å². The van der Waals surface area contributed by atoms with Crippen molar-refractivity contribution in [2.45, 2.75) is 31.7 Å². The first-order chi connectivity index (χ1) is 13.6. The van der Waals surface area contributed by atoms with Crippen LogP contribution in [-0.2, 0) is 11.3 Å². The summed E-state index contributed by atoms with van der Waals surface area (Å²) in [6.07, 6.45) is -0.295. The molecule has 2 aromatic carbocycles. The second kappa shape index (κ2) is 9.36. The minimum absolute atomic E-state index is 0.0976. The molecule has 0 fully saturated rings. The molecule has 3 rings (SSSR count). The van der Waals surface area contributed by atoms with Gasteiger partial charge in [0.1, 0.15) is 11.6 Å². The van der Waals surface area contributed by atoms with Crippen molar-refractivity contribution in [3.05, 3.63) is 66.2 Å². The van der Waals surface area contributed by atoms with Gasteiger partial charge in [-0.25, -0.2) is 4.39 Å². The van der Waals surface area contributed by atoms with Gasteiger partial charge in [-0.15, -0.1) is 10.2 Å². The highest BCUT2D eigenvalue weighted by atomic mass is 32.2. The normalized spacial score (nSPS) is 11.8. The van der Waals surface area contributed by atoms with Crippen LogP contribution in [0.3, 0.4) is 0 Å². The number of carbonyl (C=O) groups is 1. The van der Waals surface area contributed by atoms with E-state index in [1.54, 1.807) is 12.1 Å². The second-order valence-corrected chi connectivity index (χ2v) is 6.92. The van der Waals surface area contributed by atoms with E-state index in [-0.39, 0.29) is 23.5 Å². The number of amides is 1. The smallest absolute Gasteiger partial charge is 0.234 e. The van der Waals surface area contributed by atoms with Crippen LogP contribution in [0.1, 0.15) is 25.8 Å². The summed E-state index contributed by atoms with van der Waals surface area (Å²) in [6, 6.07) is 15.6. The molecular weight excluding hydrogens is 379 g/mol. The molecule has 0 aliphatic heterocycles. The SMILES string of the molecule is CCn1c(SCC(=O)Nc2ccccc2F)nnc1[C@@H](C)Oc1ccccc1. The molecule has 0 radical (unpaired) electrons. The Bertz CT molecular complexity index is 933. The molecular formula is C20H21FN4O2S. The Morgan fingerprint density at radius 3 is 2.61 bits per heavy atom. The predicted molar refractivity (Wildman–Crippen MR) is 107 cm³/mol. The van der Waals surface area contributed by atoms with E-state index in [0.29, 0.717) is 17.5 Å². The number of halogens is 1. The number of rotatable bonds is 8. The number of ether oxygens (including phenoxy) is 1. The van der Waals surface area contributed by atoms with E-state index in [1.807, 2.05) is 48.7 Å². The molecule has 0 bridgehead atoms. The summed E-state index contributed by atoms with van der Waals surface area (Å²) in [4.78, 5) is 12.1. The van der Waals surface area contributed by atoms with Gasteiger partial charge in [0.05, 0.1) is 11.4 Å². The van der Waals surface area contributed by atoms with Gasteiger partial charge in [0.2, 0.25) is 5.91 Å². The van der Waals surface area contributed by atoms with E-state index in [2.05, 4.69) is 15.5 Å². The number of nitrogens with zero attached hydrogens (tertiary/aromatic N) is 3. The molecule has 0 unspecified atom stereocenters. The monoisotopic (exact) mass is 400 g/mol. The number of hydrogen-bond donors (Lipinski definition) is 1. The predicted octanol–water partition coefficient (Wildman–Crippen LogP) is 4.31. The van der Waals surface area contributed by atoms with Crippen molar-refractivity contribution in [1.29, 1.82) is 0 Å². The fourth-order valence-corrected chi connectivity index (χ4v) is 3.45. The molecule has 3 aromatic rings. The summed E-state index contributed by atoms with van der Waals surface area (Å²) in [5, 5.41) is 11.6. The van der Waals surface area contributed by atoms with Gasteiger partial charge in [-0.05, 0) is 38.1 Å². The molecule has 6 nitrogen and oxygen atoms in total. The summed E-state index contributed by atoms with van der Waals surface area (Å²) in [5.74, 6) is 0.755. The number of nitrogens with one attached hydrogen (secondary N) is 1. The van der Waals surface area contributed by atoms with Crippen molar-refractivity contribution in [2.75, 3.05) is 11.1 Å². The number of thioether (sulfide) groups is 1. The lowest BCUT2D eigenvalue weighted by atomic mass is 10.3. The average molecular weight is 400 g/mol. The lowest BCUT2D eigenvalue weighted by molar-refractivity contribution is -0.113. The Balaban J connectivity index is 1.63. The van der Waals surface area contributed by atoms with Gasteiger partial charge in [-0.3, -0.25) is 4.79 Å². The van der Waals surface area contributed by atoms with Crippen molar-refractivity contribution in [3.8, 4) is 5.75 Å². The molecule has 1 aromatic heterocycles. The van der Waals surface area contributed by atoms with Gasteiger partial charge in [-0.1, -0.05) is 42.1 Å². The zero-order chi connectivity index (χ0) is 19.9. The van der Waals surface area contributed by atoms with Gasteiger partial charge in [0.25, 0.3) is 0 Å². The van der Waals surface area contributed by atoms with Gasteiger partial charge in [-0.2, -0.15) is 0 Å². The molecule has 0 spiro atoms. The number of aromatic nitrogens is 3. The third-order valence-corrected chi connectivity index (χ3v) is 4.93. The fourth-order valence-electron chi connectivity index (χ4n) is 2.64. The van der Waals surface area contributed by atoms with E-state index >= 15 is 0 Å². The highest BCUT2D eigenvalue weighted by molar-refractivity contribution is 7.99. The Morgan fingerprint density at radius 2 is 1.89 bits per heavy atom. The first-order valence-electron chi connectivity index (χ1n) is 8.90. The van der Waals surface area contributed by atoms with E-state index in [0.717, 1.165) is 5.75 Å². The standard InChI is InChI=1S/C20H21FN4O2S/c1-3-25-19(14(2)27-15-9-5-4-6-10-15)23-24-20(25)28-13-18(26)22-17-12-8-7-11-16(17)21/h4-12,14H,3,13H2,1-2H3,(H,22,26)/t14-/m1/s1. The highest BCUT2D eigenvalue weighted by Crippen LogP contribution is 2.24. The molecule has 1 amide bonds. The Labute approximate surface area is 167 Å². The quantitative estimate of drug-likeness (QED) is 0.571. The highest BCUT2D eigenvalue weighted by Gasteiger charge is 2.19. The Kier molecular flexibility index (Phi) is 6.65. The molecule has 28 heavy (non-hydrogen) atoms. The van der Waals surface area contributed by atoms with Crippen LogP contribution >= 0.6 is 11.8 Å². The summed E-state index contributed by atoms with van der Waals surface area (Å²) in [5.41, 5.74) is 0.163. The lowest BCUT2D eigenvalue weighted by Gasteiger charge is -2.15. The van der Waals surface area contributed by atoms with Gasteiger partial charge in [0.15, 0.2) is 17.1 Å². The van der Waals surface area contributed by atoms with Crippen molar-refractivity contribution in [1.82, 2.24) is 14.8 Å². The van der Waals surface area contributed by atoms with Crippen molar-refractivity contribution in [3.63, 3.8) is 0 Å². The molecule has 1 heterocycles. The summed E-state index contributed by atoms with van der Waals surface area (Å²) >= 11 is 1.25. The lowest BCUT2D eigenvalue weighted by Crippen LogP contribution is -2.16. The molecule has 8 heteroatoms. The third kappa shape index (κ3) is 4.89.